The molecule has 1 aromatic carbocycles. The Morgan fingerprint density at radius 2 is 2.00 bits per heavy atom. The molecule has 122 valence electrons. The highest BCUT2D eigenvalue weighted by molar-refractivity contribution is 6.36. The number of nitrogens with one attached hydrogen (secondary N) is 1. The number of halogens is 2. The van der Waals surface area contributed by atoms with Crippen LogP contribution in [-0.4, -0.2) is 24.0 Å². The molecule has 23 heavy (non-hydrogen) atoms. The van der Waals surface area contributed by atoms with Crippen LogP contribution in [-0.2, 0) is 20.7 Å². The lowest BCUT2D eigenvalue weighted by Gasteiger charge is -2.22. The summed E-state index contributed by atoms with van der Waals surface area (Å²) in [5.74, 6) is -0.950. The molecule has 0 aromatic heterocycles. The molecule has 0 aliphatic heterocycles. The van der Waals surface area contributed by atoms with Crippen molar-refractivity contribution in [3.05, 3.63) is 33.8 Å². The van der Waals surface area contributed by atoms with Crippen LogP contribution in [0, 0.1) is 17.2 Å². The minimum Gasteiger partial charge on any atom is -0.455 e. The smallest absolute Gasteiger partial charge is 0.310 e. The van der Waals surface area contributed by atoms with Gasteiger partial charge < -0.3 is 10.1 Å². The van der Waals surface area contributed by atoms with Crippen LogP contribution >= 0.6 is 23.2 Å². The SMILES string of the molecule is C[C@](C#N)(NC(=O)COC(=O)Cc1c(Cl)cccc1Cl)C1CC1. The summed E-state index contributed by atoms with van der Waals surface area (Å²) in [7, 11) is 0. The molecular formula is C16H16Cl2N2O3. The summed E-state index contributed by atoms with van der Waals surface area (Å²) in [4.78, 5) is 23.7. The van der Waals surface area contributed by atoms with Crippen LogP contribution in [0.25, 0.3) is 0 Å². The molecule has 0 radical (unpaired) electrons. The van der Waals surface area contributed by atoms with Crippen LogP contribution in [0.3, 0.4) is 0 Å². The van der Waals surface area contributed by atoms with Crippen molar-refractivity contribution >= 4 is 35.1 Å². The second-order valence-corrected chi connectivity index (χ2v) is 6.49. The number of nitrogens with zero attached hydrogens (tertiary/aromatic N) is 1. The Hall–Kier alpha value is -1.77. The lowest BCUT2D eigenvalue weighted by molar-refractivity contribution is -0.148. The normalized spacial score (nSPS) is 16.1. The molecule has 1 fully saturated rings. The fourth-order valence-electron chi connectivity index (χ4n) is 2.25. The minimum absolute atomic E-state index is 0.121. The van der Waals surface area contributed by atoms with Crippen molar-refractivity contribution in [2.45, 2.75) is 31.7 Å². The standard InChI is InChI=1S/C16H16Cl2N2O3/c1-16(9-19,10-5-6-10)20-14(21)8-23-15(22)7-11-12(17)3-2-4-13(11)18/h2-4,10H,5-8H2,1H3,(H,20,21)/t16-/m1/s1. The quantitative estimate of drug-likeness (QED) is 0.796. The molecule has 1 aliphatic rings. The molecule has 7 heteroatoms. The number of benzene rings is 1. The van der Waals surface area contributed by atoms with Crippen LogP contribution in [0.4, 0.5) is 0 Å². The van der Waals surface area contributed by atoms with E-state index < -0.39 is 24.0 Å². The van der Waals surface area contributed by atoms with Gasteiger partial charge in [0.1, 0.15) is 5.54 Å². The number of nitriles is 1. The molecule has 1 saturated carbocycles. The van der Waals surface area contributed by atoms with Gasteiger partial charge in [-0.2, -0.15) is 5.26 Å². The zero-order valence-corrected chi connectivity index (χ0v) is 14.1. The van der Waals surface area contributed by atoms with Crippen molar-refractivity contribution in [1.82, 2.24) is 5.32 Å². The first-order valence-corrected chi connectivity index (χ1v) is 7.92. The fourth-order valence-corrected chi connectivity index (χ4v) is 2.78. The summed E-state index contributed by atoms with van der Waals surface area (Å²) < 4.78 is 4.93. The molecule has 1 aliphatic carbocycles. The molecule has 5 nitrogen and oxygen atoms in total. The van der Waals surface area contributed by atoms with Crippen molar-refractivity contribution in [1.29, 1.82) is 5.26 Å². The van der Waals surface area contributed by atoms with Crippen LogP contribution in [0.15, 0.2) is 18.2 Å². The summed E-state index contributed by atoms with van der Waals surface area (Å²) in [5.41, 5.74) is -0.448. The number of ether oxygens (including phenoxy) is 1. The van der Waals surface area contributed by atoms with Crippen molar-refractivity contribution in [3.8, 4) is 6.07 Å². The maximum atomic E-state index is 11.8. The van der Waals surface area contributed by atoms with Gasteiger partial charge in [-0.3, -0.25) is 9.59 Å². The van der Waals surface area contributed by atoms with Gasteiger partial charge >= 0.3 is 5.97 Å². The maximum Gasteiger partial charge on any atom is 0.310 e. The topological polar surface area (TPSA) is 79.2 Å². The first-order chi connectivity index (χ1) is 10.9. The van der Waals surface area contributed by atoms with Gasteiger partial charge in [-0.15, -0.1) is 0 Å². The van der Waals surface area contributed by atoms with Crippen LogP contribution in [0.5, 0.6) is 0 Å². The predicted octanol–water partition coefficient (Wildman–Crippen LogP) is 2.89. The van der Waals surface area contributed by atoms with Gasteiger partial charge in [0, 0.05) is 15.6 Å². The molecule has 0 bridgehead atoms. The van der Waals surface area contributed by atoms with Gasteiger partial charge in [-0.05, 0) is 37.8 Å². The van der Waals surface area contributed by atoms with Gasteiger partial charge in [0.2, 0.25) is 0 Å². The number of hydrogen-bond donors (Lipinski definition) is 1. The lowest BCUT2D eigenvalue weighted by Crippen LogP contribution is -2.48. The van der Waals surface area contributed by atoms with Gasteiger partial charge in [0.25, 0.3) is 5.91 Å². The summed E-state index contributed by atoms with van der Waals surface area (Å²) in [6.07, 6.45) is 1.70. The average molecular weight is 355 g/mol. The van der Waals surface area contributed by atoms with E-state index in [1.165, 1.54) is 0 Å². The minimum atomic E-state index is -0.907. The Morgan fingerprint density at radius 1 is 1.39 bits per heavy atom. The zero-order valence-electron chi connectivity index (χ0n) is 12.6. The van der Waals surface area contributed by atoms with Crippen LogP contribution in [0.1, 0.15) is 25.3 Å². The van der Waals surface area contributed by atoms with Crippen molar-refractivity contribution in [3.63, 3.8) is 0 Å². The predicted molar refractivity (Wildman–Crippen MR) is 86.0 cm³/mol. The van der Waals surface area contributed by atoms with E-state index in [4.69, 9.17) is 27.9 Å². The highest BCUT2D eigenvalue weighted by Crippen LogP contribution is 2.39. The van der Waals surface area contributed by atoms with E-state index in [0.29, 0.717) is 15.6 Å². The molecular weight excluding hydrogens is 339 g/mol. The summed E-state index contributed by atoms with van der Waals surface area (Å²) in [6.45, 7) is 1.23. The van der Waals surface area contributed by atoms with Crippen molar-refractivity contribution < 1.29 is 14.3 Å². The Bertz CT molecular complexity index is 648. The van der Waals surface area contributed by atoms with E-state index in [9.17, 15) is 14.9 Å². The number of amides is 1. The van der Waals surface area contributed by atoms with Crippen molar-refractivity contribution in [2.75, 3.05) is 6.61 Å². The summed E-state index contributed by atoms with van der Waals surface area (Å²) in [5, 5.41) is 12.5. The number of carbonyl (C=O) groups is 2. The van der Waals surface area contributed by atoms with Crippen molar-refractivity contribution in [2.24, 2.45) is 5.92 Å². The molecule has 1 aromatic rings. The fraction of sp³-hybridized carbons (Fsp3) is 0.438. The Kier molecular flexibility index (Phi) is 5.51. The number of hydrogen-bond acceptors (Lipinski definition) is 4. The van der Waals surface area contributed by atoms with Gasteiger partial charge in [0.05, 0.1) is 12.5 Å². The molecule has 1 amide bonds. The Balaban J connectivity index is 1.85. The molecule has 2 rings (SSSR count). The molecule has 0 spiro atoms. The van der Waals surface area contributed by atoms with Gasteiger partial charge in [-0.25, -0.2) is 0 Å². The molecule has 1 atom stereocenters. The summed E-state index contributed by atoms with van der Waals surface area (Å²) in [6, 6.07) is 7.02. The first-order valence-electron chi connectivity index (χ1n) is 7.16. The Morgan fingerprint density at radius 3 is 2.52 bits per heavy atom. The Labute approximate surface area is 144 Å². The number of carbonyl (C=O) groups excluding carboxylic acids is 2. The highest BCUT2D eigenvalue weighted by atomic mass is 35.5. The number of esters is 1. The zero-order chi connectivity index (χ0) is 17.0. The highest BCUT2D eigenvalue weighted by Gasteiger charge is 2.43. The summed E-state index contributed by atoms with van der Waals surface area (Å²) >= 11 is 12.0. The molecule has 0 heterocycles. The second-order valence-electron chi connectivity index (χ2n) is 5.67. The van der Waals surface area contributed by atoms with E-state index in [2.05, 4.69) is 11.4 Å². The third-order valence-corrected chi connectivity index (χ3v) is 4.48. The second kappa shape index (κ2) is 7.20. The van der Waals surface area contributed by atoms with Crippen LogP contribution < -0.4 is 5.32 Å². The molecule has 0 saturated heterocycles. The average Bonchev–Trinajstić information content (AvgIpc) is 3.34. The monoisotopic (exact) mass is 354 g/mol. The largest absolute Gasteiger partial charge is 0.455 e. The van der Waals surface area contributed by atoms with Gasteiger partial charge in [-0.1, -0.05) is 29.3 Å². The lowest BCUT2D eigenvalue weighted by atomic mass is 9.98. The first kappa shape index (κ1) is 17.6. The van der Waals surface area contributed by atoms with E-state index in [1.807, 2.05) is 0 Å². The molecule has 1 N–H and O–H groups in total. The molecule has 0 unspecified atom stereocenters. The van der Waals surface area contributed by atoms with E-state index in [-0.39, 0.29) is 12.3 Å². The van der Waals surface area contributed by atoms with E-state index >= 15 is 0 Å². The van der Waals surface area contributed by atoms with Gasteiger partial charge in [0.15, 0.2) is 6.61 Å². The number of rotatable bonds is 6. The van der Waals surface area contributed by atoms with E-state index in [1.54, 1.807) is 25.1 Å². The van der Waals surface area contributed by atoms with Crippen LogP contribution in [0.2, 0.25) is 10.0 Å². The maximum absolute atomic E-state index is 11.8. The third kappa shape index (κ3) is 4.60. The third-order valence-electron chi connectivity index (χ3n) is 3.77. The van der Waals surface area contributed by atoms with E-state index in [0.717, 1.165) is 12.8 Å².